The number of aryl methyl sites for hydroxylation is 1. The highest BCUT2D eigenvalue weighted by atomic mass is 32.2. The predicted octanol–water partition coefficient (Wildman–Crippen LogP) is 3.34. The average Bonchev–Trinajstić information content (AvgIpc) is 2.78. The first-order chi connectivity index (χ1) is 15.5. The fourth-order valence-electron chi connectivity index (χ4n) is 3.45. The molecule has 0 aliphatic heterocycles. The first-order valence-corrected chi connectivity index (χ1v) is 12.6. The van der Waals surface area contributed by atoms with Crippen LogP contribution in [0.3, 0.4) is 0 Å². The number of rotatable bonds is 11. The van der Waals surface area contributed by atoms with Crippen LogP contribution in [-0.4, -0.2) is 55.1 Å². The van der Waals surface area contributed by atoms with Gasteiger partial charge in [0.05, 0.1) is 4.90 Å². The monoisotopic (exact) mass is 473 g/mol. The molecule has 1 unspecified atom stereocenters. The molecule has 0 bridgehead atoms. The predicted molar refractivity (Wildman–Crippen MR) is 130 cm³/mol. The lowest BCUT2D eigenvalue weighted by atomic mass is 10.1. The molecule has 0 saturated carbocycles. The molecule has 1 N–H and O–H groups in total. The first kappa shape index (κ1) is 26.5. The van der Waals surface area contributed by atoms with Gasteiger partial charge in [-0.15, -0.1) is 0 Å². The number of nitrogens with zero attached hydrogens (tertiary/aromatic N) is 2. The molecule has 2 rings (SSSR count). The minimum atomic E-state index is -3.61. The van der Waals surface area contributed by atoms with Gasteiger partial charge in [0.15, 0.2) is 0 Å². The summed E-state index contributed by atoms with van der Waals surface area (Å²) in [6.07, 6.45) is 0.490. The van der Waals surface area contributed by atoms with Crippen LogP contribution >= 0.6 is 0 Å². The molecular formula is C25H35N3O4S. The molecule has 0 radical (unpaired) electrons. The van der Waals surface area contributed by atoms with Crippen molar-refractivity contribution in [1.29, 1.82) is 0 Å². The van der Waals surface area contributed by atoms with Crippen LogP contribution < -0.4 is 5.32 Å². The molecule has 2 amide bonds. The maximum atomic E-state index is 13.2. The van der Waals surface area contributed by atoms with Crippen molar-refractivity contribution in [3.05, 3.63) is 65.7 Å². The summed E-state index contributed by atoms with van der Waals surface area (Å²) < 4.78 is 26.7. The van der Waals surface area contributed by atoms with Crippen molar-refractivity contribution in [2.24, 2.45) is 0 Å². The van der Waals surface area contributed by atoms with Crippen LogP contribution in [0, 0.1) is 6.92 Å². The van der Waals surface area contributed by atoms with E-state index in [0.29, 0.717) is 13.0 Å². The van der Waals surface area contributed by atoms with Crippen molar-refractivity contribution < 1.29 is 18.0 Å². The van der Waals surface area contributed by atoms with Crippen molar-refractivity contribution in [3.63, 3.8) is 0 Å². The SMILES string of the molecule is Cc1ccccc1CN(C(=O)CCCN(C)S(=O)(=O)c1ccccc1)C(C)C(=O)NC(C)C. The lowest BCUT2D eigenvalue weighted by Gasteiger charge is -2.30. The smallest absolute Gasteiger partial charge is 0.242 e. The van der Waals surface area contributed by atoms with Crippen LogP contribution in [-0.2, 0) is 26.2 Å². The molecule has 2 aromatic carbocycles. The van der Waals surface area contributed by atoms with Crippen LogP contribution in [0.2, 0.25) is 0 Å². The Balaban J connectivity index is 2.09. The molecule has 0 aliphatic carbocycles. The second-order valence-electron chi connectivity index (χ2n) is 8.53. The Hall–Kier alpha value is -2.71. The third kappa shape index (κ3) is 7.40. The molecule has 0 aliphatic rings. The maximum absolute atomic E-state index is 13.2. The Morgan fingerprint density at radius 3 is 2.18 bits per heavy atom. The molecule has 8 heteroatoms. The van der Waals surface area contributed by atoms with Crippen molar-refractivity contribution in [2.75, 3.05) is 13.6 Å². The van der Waals surface area contributed by atoms with Crippen molar-refractivity contribution >= 4 is 21.8 Å². The van der Waals surface area contributed by atoms with E-state index in [9.17, 15) is 18.0 Å². The number of carbonyl (C=O) groups is 2. The molecule has 0 spiro atoms. The van der Waals surface area contributed by atoms with Crippen molar-refractivity contribution in [3.8, 4) is 0 Å². The van der Waals surface area contributed by atoms with Gasteiger partial charge in [-0.1, -0.05) is 42.5 Å². The van der Waals surface area contributed by atoms with E-state index in [1.54, 1.807) is 42.2 Å². The number of hydrogen-bond acceptors (Lipinski definition) is 4. The number of benzene rings is 2. The van der Waals surface area contributed by atoms with Gasteiger partial charge in [-0.2, -0.15) is 0 Å². The summed E-state index contributed by atoms with van der Waals surface area (Å²) in [7, 11) is -2.10. The summed E-state index contributed by atoms with van der Waals surface area (Å²) >= 11 is 0. The number of nitrogens with one attached hydrogen (secondary N) is 1. The fourth-order valence-corrected chi connectivity index (χ4v) is 4.68. The van der Waals surface area contributed by atoms with E-state index in [4.69, 9.17) is 0 Å². The van der Waals surface area contributed by atoms with Crippen LogP contribution in [0.5, 0.6) is 0 Å². The quantitative estimate of drug-likeness (QED) is 0.542. The molecular weight excluding hydrogens is 438 g/mol. The Labute approximate surface area is 197 Å². The third-order valence-corrected chi connectivity index (χ3v) is 7.39. The highest BCUT2D eigenvalue weighted by Gasteiger charge is 2.27. The Morgan fingerprint density at radius 1 is 0.970 bits per heavy atom. The number of sulfonamides is 1. The summed E-state index contributed by atoms with van der Waals surface area (Å²) in [5.41, 5.74) is 2.01. The molecule has 1 atom stereocenters. The zero-order chi connectivity index (χ0) is 24.6. The Kier molecular flexibility index (Phi) is 9.61. The normalized spacial score (nSPS) is 12.6. The highest BCUT2D eigenvalue weighted by molar-refractivity contribution is 7.89. The maximum Gasteiger partial charge on any atom is 0.242 e. The van der Waals surface area contributed by atoms with Gasteiger partial charge in [-0.05, 0) is 57.4 Å². The van der Waals surface area contributed by atoms with E-state index >= 15 is 0 Å². The average molecular weight is 474 g/mol. The molecule has 0 saturated heterocycles. The number of amides is 2. The largest absolute Gasteiger partial charge is 0.352 e. The van der Waals surface area contributed by atoms with Gasteiger partial charge in [-0.3, -0.25) is 9.59 Å². The second kappa shape index (κ2) is 12.0. The number of hydrogen-bond donors (Lipinski definition) is 1. The van der Waals surface area contributed by atoms with Crippen LogP contribution in [0.15, 0.2) is 59.5 Å². The molecule has 0 fully saturated rings. The molecule has 7 nitrogen and oxygen atoms in total. The van der Waals surface area contributed by atoms with Crippen molar-refractivity contribution in [1.82, 2.24) is 14.5 Å². The first-order valence-electron chi connectivity index (χ1n) is 11.2. The summed E-state index contributed by atoms with van der Waals surface area (Å²) in [4.78, 5) is 27.6. The van der Waals surface area contributed by atoms with Gasteiger partial charge in [0.1, 0.15) is 6.04 Å². The molecule has 0 aromatic heterocycles. The lowest BCUT2D eigenvalue weighted by molar-refractivity contribution is -0.140. The molecule has 33 heavy (non-hydrogen) atoms. The summed E-state index contributed by atoms with van der Waals surface area (Å²) in [6, 6.07) is 15.3. The molecule has 2 aromatic rings. The van der Waals surface area contributed by atoms with Gasteiger partial charge in [0, 0.05) is 32.6 Å². The Bertz CT molecular complexity index is 1040. The van der Waals surface area contributed by atoms with Crippen molar-refractivity contribution in [2.45, 2.75) is 64.1 Å². The van der Waals surface area contributed by atoms with Gasteiger partial charge >= 0.3 is 0 Å². The van der Waals surface area contributed by atoms with E-state index in [2.05, 4.69) is 5.32 Å². The summed E-state index contributed by atoms with van der Waals surface area (Å²) in [6.45, 7) is 7.96. The minimum Gasteiger partial charge on any atom is -0.352 e. The van der Waals surface area contributed by atoms with Gasteiger partial charge in [0.2, 0.25) is 21.8 Å². The topological polar surface area (TPSA) is 86.8 Å². The fraction of sp³-hybridized carbons (Fsp3) is 0.440. The van der Waals surface area contributed by atoms with E-state index in [1.165, 1.54) is 11.4 Å². The second-order valence-corrected chi connectivity index (χ2v) is 10.6. The van der Waals surface area contributed by atoms with E-state index in [0.717, 1.165) is 11.1 Å². The number of carbonyl (C=O) groups excluding carboxylic acids is 2. The van der Waals surface area contributed by atoms with E-state index in [1.807, 2.05) is 45.0 Å². The van der Waals surface area contributed by atoms with Crippen LogP contribution in [0.25, 0.3) is 0 Å². The minimum absolute atomic E-state index is 0.0350. The highest BCUT2D eigenvalue weighted by Crippen LogP contribution is 2.17. The zero-order valence-corrected chi connectivity index (χ0v) is 20.9. The zero-order valence-electron chi connectivity index (χ0n) is 20.1. The molecule has 0 heterocycles. The van der Waals surface area contributed by atoms with E-state index < -0.39 is 16.1 Å². The third-order valence-electron chi connectivity index (χ3n) is 5.52. The van der Waals surface area contributed by atoms with Crippen LogP contribution in [0.1, 0.15) is 44.7 Å². The van der Waals surface area contributed by atoms with Gasteiger partial charge in [-0.25, -0.2) is 12.7 Å². The Morgan fingerprint density at radius 2 is 1.58 bits per heavy atom. The van der Waals surface area contributed by atoms with Gasteiger partial charge in [0.25, 0.3) is 0 Å². The van der Waals surface area contributed by atoms with E-state index in [-0.39, 0.29) is 35.7 Å². The van der Waals surface area contributed by atoms with Crippen LogP contribution in [0.4, 0.5) is 0 Å². The molecule has 180 valence electrons. The standard InChI is InChI=1S/C25H35N3O4S/c1-19(2)26-25(30)21(4)28(18-22-13-10-9-12-20(22)3)24(29)16-11-17-27(5)33(31,32)23-14-7-6-8-15-23/h6-10,12-15,19,21H,11,16-18H2,1-5H3,(H,26,30). The summed E-state index contributed by atoms with van der Waals surface area (Å²) in [5.74, 6) is -0.397. The summed E-state index contributed by atoms with van der Waals surface area (Å²) in [5, 5.41) is 2.87. The van der Waals surface area contributed by atoms with Gasteiger partial charge < -0.3 is 10.2 Å². The lowest BCUT2D eigenvalue weighted by Crippen LogP contribution is -2.49.